The van der Waals surface area contributed by atoms with E-state index in [4.69, 9.17) is 5.11 Å². The van der Waals surface area contributed by atoms with Gasteiger partial charge < -0.3 is 15.5 Å². The number of aliphatic carboxylic acids is 1. The van der Waals surface area contributed by atoms with E-state index in [0.717, 1.165) is 25.7 Å². The van der Waals surface area contributed by atoms with Gasteiger partial charge in [0.1, 0.15) is 6.04 Å². The highest BCUT2D eigenvalue weighted by Gasteiger charge is 2.22. The summed E-state index contributed by atoms with van der Waals surface area (Å²) >= 11 is 0. The predicted octanol–water partition coefficient (Wildman–Crippen LogP) is 0.353. The standard InChI is InChI=1S/C9H17NO3/c1-6(9(12)13)10-7-2-4-8(11)5-3-7/h6-8,10-11H,2-5H2,1H3,(H,12,13). The van der Waals surface area contributed by atoms with Gasteiger partial charge in [0.2, 0.25) is 0 Å². The van der Waals surface area contributed by atoms with Crippen LogP contribution < -0.4 is 5.32 Å². The van der Waals surface area contributed by atoms with Gasteiger partial charge in [-0.05, 0) is 32.6 Å². The van der Waals surface area contributed by atoms with Crippen molar-refractivity contribution in [2.24, 2.45) is 0 Å². The third-order valence-electron chi connectivity index (χ3n) is 2.55. The molecule has 1 fully saturated rings. The second-order valence-corrected chi connectivity index (χ2v) is 3.73. The summed E-state index contributed by atoms with van der Waals surface area (Å²) in [7, 11) is 0. The van der Waals surface area contributed by atoms with E-state index in [0.29, 0.717) is 0 Å². The van der Waals surface area contributed by atoms with Crippen LogP contribution in [0.3, 0.4) is 0 Å². The van der Waals surface area contributed by atoms with Gasteiger partial charge in [-0.3, -0.25) is 4.79 Å². The molecule has 76 valence electrons. The van der Waals surface area contributed by atoms with Gasteiger partial charge in [-0.25, -0.2) is 0 Å². The third kappa shape index (κ3) is 3.32. The largest absolute Gasteiger partial charge is 0.480 e. The van der Waals surface area contributed by atoms with Crippen LogP contribution >= 0.6 is 0 Å². The second kappa shape index (κ2) is 4.58. The molecule has 4 nitrogen and oxygen atoms in total. The van der Waals surface area contributed by atoms with Crippen LogP contribution in [0.4, 0.5) is 0 Å². The maximum Gasteiger partial charge on any atom is 0.320 e. The summed E-state index contributed by atoms with van der Waals surface area (Å²) in [5.41, 5.74) is 0. The number of aliphatic hydroxyl groups excluding tert-OH is 1. The van der Waals surface area contributed by atoms with E-state index in [1.54, 1.807) is 6.92 Å². The molecule has 0 heterocycles. The van der Waals surface area contributed by atoms with Gasteiger partial charge in [0, 0.05) is 6.04 Å². The lowest BCUT2D eigenvalue weighted by Crippen LogP contribution is -2.43. The summed E-state index contributed by atoms with van der Waals surface area (Å²) in [5, 5.41) is 20.9. The van der Waals surface area contributed by atoms with Crippen molar-refractivity contribution >= 4 is 5.97 Å². The van der Waals surface area contributed by atoms with Crippen LogP contribution in [0.15, 0.2) is 0 Å². The van der Waals surface area contributed by atoms with E-state index in [1.807, 2.05) is 0 Å². The fraction of sp³-hybridized carbons (Fsp3) is 0.889. The molecule has 1 rings (SSSR count). The summed E-state index contributed by atoms with van der Waals surface area (Å²) in [4.78, 5) is 10.5. The summed E-state index contributed by atoms with van der Waals surface area (Å²) in [6.07, 6.45) is 3.13. The lowest BCUT2D eigenvalue weighted by molar-refractivity contribution is -0.139. The monoisotopic (exact) mass is 187 g/mol. The summed E-state index contributed by atoms with van der Waals surface area (Å²) in [6.45, 7) is 1.65. The van der Waals surface area contributed by atoms with Crippen LogP contribution in [0.5, 0.6) is 0 Å². The van der Waals surface area contributed by atoms with Crippen molar-refractivity contribution in [3.05, 3.63) is 0 Å². The predicted molar refractivity (Wildman–Crippen MR) is 48.5 cm³/mol. The lowest BCUT2D eigenvalue weighted by Gasteiger charge is -2.27. The van der Waals surface area contributed by atoms with Crippen LogP contribution in [0.1, 0.15) is 32.6 Å². The molecule has 13 heavy (non-hydrogen) atoms. The Hall–Kier alpha value is -0.610. The second-order valence-electron chi connectivity index (χ2n) is 3.73. The molecule has 0 amide bonds. The number of carboxylic acids is 1. The third-order valence-corrected chi connectivity index (χ3v) is 2.55. The van der Waals surface area contributed by atoms with Gasteiger partial charge in [0.25, 0.3) is 0 Å². The van der Waals surface area contributed by atoms with Gasteiger partial charge in [0.15, 0.2) is 0 Å². The molecule has 0 radical (unpaired) electrons. The Bertz CT molecular complexity index is 176. The first kappa shape index (κ1) is 10.5. The summed E-state index contributed by atoms with van der Waals surface area (Å²) in [5.74, 6) is -0.814. The van der Waals surface area contributed by atoms with Crippen LogP contribution in [0.25, 0.3) is 0 Å². The number of rotatable bonds is 3. The quantitative estimate of drug-likeness (QED) is 0.596. The van der Waals surface area contributed by atoms with E-state index < -0.39 is 12.0 Å². The number of hydrogen-bond donors (Lipinski definition) is 3. The first-order valence-corrected chi connectivity index (χ1v) is 4.76. The van der Waals surface area contributed by atoms with Crippen LogP contribution in [0, 0.1) is 0 Å². The Morgan fingerprint density at radius 2 is 1.92 bits per heavy atom. The molecule has 1 atom stereocenters. The molecule has 1 aliphatic carbocycles. The minimum Gasteiger partial charge on any atom is -0.480 e. The molecule has 1 saturated carbocycles. The minimum absolute atomic E-state index is 0.182. The highest BCUT2D eigenvalue weighted by molar-refractivity contribution is 5.72. The normalized spacial score (nSPS) is 31.2. The molecule has 0 bridgehead atoms. The van der Waals surface area contributed by atoms with Crippen molar-refractivity contribution in [2.45, 2.75) is 50.8 Å². The van der Waals surface area contributed by atoms with Gasteiger partial charge in [0.05, 0.1) is 6.10 Å². The highest BCUT2D eigenvalue weighted by atomic mass is 16.4. The van der Waals surface area contributed by atoms with Crippen molar-refractivity contribution in [2.75, 3.05) is 0 Å². The topological polar surface area (TPSA) is 69.6 Å². The Morgan fingerprint density at radius 1 is 1.38 bits per heavy atom. The van der Waals surface area contributed by atoms with Gasteiger partial charge >= 0.3 is 5.97 Å². The fourth-order valence-corrected chi connectivity index (χ4v) is 1.67. The average Bonchev–Trinajstić information content (AvgIpc) is 2.08. The van der Waals surface area contributed by atoms with E-state index in [1.165, 1.54) is 0 Å². The molecular formula is C9H17NO3. The highest BCUT2D eigenvalue weighted by Crippen LogP contribution is 2.18. The van der Waals surface area contributed by atoms with Crippen LogP contribution in [0.2, 0.25) is 0 Å². The Labute approximate surface area is 78.0 Å². The molecule has 0 spiro atoms. The minimum atomic E-state index is -0.814. The Morgan fingerprint density at radius 3 is 2.38 bits per heavy atom. The average molecular weight is 187 g/mol. The zero-order valence-electron chi connectivity index (χ0n) is 7.86. The fourth-order valence-electron chi connectivity index (χ4n) is 1.67. The zero-order chi connectivity index (χ0) is 9.84. The van der Waals surface area contributed by atoms with Gasteiger partial charge in [-0.15, -0.1) is 0 Å². The molecule has 0 aromatic carbocycles. The molecule has 0 saturated heterocycles. The van der Waals surface area contributed by atoms with E-state index in [9.17, 15) is 9.90 Å². The first-order valence-electron chi connectivity index (χ1n) is 4.76. The molecular weight excluding hydrogens is 170 g/mol. The molecule has 0 aromatic rings. The Kier molecular flexibility index (Phi) is 3.69. The summed E-state index contributed by atoms with van der Waals surface area (Å²) < 4.78 is 0. The summed E-state index contributed by atoms with van der Waals surface area (Å²) in [6, 6.07) is -0.227. The molecule has 3 N–H and O–H groups in total. The van der Waals surface area contributed by atoms with Gasteiger partial charge in [-0.2, -0.15) is 0 Å². The SMILES string of the molecule is CC(NC1CCC(O)CC1)C(=O)O. The molecule has 4 heteroatoms. The number of carboxylic acid groups (broad SMARTS) is 1. The molecule has 0 aromatic heterocycles. The molecule has 1 aliphatic rings. The number of nitrogens with one attached hydrogen (secondary N) is 1. The Balaban J connectivity index is 2.26. The van der Waals surface area contributed by atoms with E-state index >= 15 is 0 Å². The van der Waals surface area contributed by atoms with Crippen LogP contribution in [-0.2, 0) is 4.79 Å². The lowest BCUT2D eigenvalue weighted by atomic mass is 9.93. The molecule has 1 unspecified atom stereocenters. The van der Waals surface area contributed by atoms with Crippen molar-refractivity contribution in [1.29, 1.82) is 0 Å². The van der Waals surface area contributed by atoms with Crippen molar-refractivity contribution < 1.29 is 15.0 Å². The number of hydrogen-bond acceptors (Lipinski definition) is 3. The number of aliphatic hydroxyl groups is 1. The smallest absolute Gasteiger partial charge is 0.320 e. The van der Waals surface area contributed by atoms with Crippen molar-refractivity contribution in [3.8, 4) is 0 Å². The van der Waals surface area contributed by atoms with Gasteiger partial charge in [-0.1, -0.05) is 0 Å². The zero-order valence-corrected chi connectivity index (χ0v) is 7.86. The first-order chi connectivity index (χ1) is 6.09. The van der Waals surface area contributed by atoms with E-state index in [2.05, 4.69) is 5.32 Å². The maximum absolute atomic E-state index is 10.5. The maximum atomic E-state index is 10.5. The van der Waals surface area contributed by atoms with Crippen molar-refractivity contribution in [3.63, 3.8) is 0 Å². The van der Waals surface area contributed by atoms with Crippen molar-refractivity contribution in [1.82, 2.24) is 5.32 Å². The molecule has 0 aliphatic heterocycles. The van der Waals surface area contributed by atoms with E-state index in [-0.39, 0.29) is 12.1 Å². The van der Waals surface area contributed by atoms with Crippen LogP contribution in [-0.4, -0.2) is 34.4 Å². The number of carbonyl (C=O) groups is 1.